The van der Waals surface area contributed by atoms with Gasteiger partial charge in [0.05, 0.1) is 12.8 Å². The Morgan fingerprint density at radius 2 is 2.04 bits per heavy atom. The van der Waals surface area contributed by atoms with Gasteiger partial charge in [-0.2, -0.15) is 9.78 Å². The Morgan fingerprint density at radius 3 is 2.78 bits per heavy atom. The van der Waals surface area contributed by atoms with Gasteiger partial charge in [-0.25, -0.2) is 0 Å². The fourth-order valence-corrected chi connectivity index (χ4v) is 3.93. The molecule has 1 aliphatic heterocycles. The first-order valence-corrected chi connectivity index (χ1v) is 9.02. The zero-order valence-electron chi connectivity index (χ0n) is 12.5. The summed E-state index contributed by atoms with van der Waals surface area (Å²) in [5, 5.41) is 16.2. The van der Waals surface area contributed by atoms with Crippen LogP contribution in [0.15, 0.2) is 52.0 Å². The number of fused-ring (bicyclic) bond motifs is 1. The van der Waals surface area contributed by atoms with Gasteiger partial charge in [0.25, 0.3) is 0 Å². The first-order valence-electron chi connectivity index (χ1n) is 7.15. The topological polar surface area (TPSA) is 52.3 Å². The Bertz CT molecular complexity index is 838. The monoisotopic (exact) mass is 342 g/mol. The van der Waals surface area contributed by atoms with Gasteiger partial charge in [0, 0.05) is 17.1 Å². The summed E-state index contributed by atoms with van der Waals surface area (Å²) in [6.45, 7) is 0. The van der Waals surface area contributed by atoms with Gasteiger partial charge in [0.2, 0.25) is 5.16 Å². The van der Waals surface area contributed by atoms with Crippen molar-refractivity contribution in [1.82, 2.24) is 14.9 Å². The molecule has 0 spiro atoms. The fourth-order valence-electron chi connectivity index (χ4n) is 2.37. The van der Waals surface area contributed by atoms with Crippen LogP contribution >= 0.6 is 23.1 Å². The summed E-state index contributed by atoms with van der Waals surface area (Å²) < 4.78 is 7.08. The number of rotatable bonds is 4. The van der Waals surface area contributed by atoms with Crippen LogP contribution in [0.25, 0.3) is 0 Å². The van der Waals surface area contributed by atoms with E-state index in [2.05, 4.69) is 21.6 Å². The maximum atomic E-state index is 5.21. The Kier molecular flexibility index (Phi) is 3.88. The second-order valence-electron chi connectivity index (χ2n) is 5.03. The Hall–Kier alpha value is -2.12. The van der Waals surface area contributed by atoms with Crippen LogP contribution in [0.5, 0.6) is 5.75 Å². The van der Waals surface area contributed by atoms with E-state index in [9.17, 15) is 0 Å². The molecule has 0 N–H and O–H groups in total. The van der Waals surface area contributed by atoms with Crippen LogP contribution in [-0.2, 0) is 6.42 Å². The number of nitrogens with zero attached hydrogens (tertiary/aromatic N) is 4. The highest BCUT2D eigenvalue weighted by atomic mass is 32.2. The van der Waals surface area contributed by atoms with Crippen molar-refractivity contribution in [2.24, 2.45) is 5.10 Å². The number of methoxy groups -OCH3 is 1. The van der Waals surface area contributed by atoms with Gasteiger partial charge >= 0.3 is 0 Å². The van der Waals surface area contributed by atoms with Gasteiger partial charge in [0.1, 0.15) is 5.75 Å². The normalized spacial score (nSPS) is 13.5. The molecule has 3 aromatic rings. The molecule has 0 saturated heterocycles. The maximum Gasteiger partial charge on any atom is 0.212 e. The third-order valence-corrected chi connectivity index (χ3v) is 5.38. The molecule has 1 aromatic carbocycles. The second kappa shape index (κ2) is 6.17. The summed E-state index contributed by atoms with van der Waals surface area (Å²) in [6, 6.07) is 12.1. The zero-order valence-corrected chi connectivity index (χ0v) is 14.1. The minimum atomic E-state index is 0.755. The lowest BCUT2D eigenvalue weighted by Crippen LogP contribution is -2.14. The summed E-state index contributed by atoms with van der Waals surface area (Å²) in [6.07, 6.45) is 0.755. The summed E-state index contributed by atoms with van der Waals surface area (Å²) in [5.74, 6) is 2.52. The average molecular weight is 342 g/mol. The average Bonchev–Trinajstić information content (AvgIpc) is 3.25. The highest BCUT2D eigenvalue weighted by Crippen LogP contribution is 2.26. The van der Waals surface area contributed by atoms with Crippen LogP contribution in [0, 0.1) is 0 Å². The molecular formula is C16H14N4OS2. The molecule has 0 radical (unpaired) electrons. The van der Waals surface area contributed by atoms with Crippen LogP contribution in [0.4, 0.5) is 0 Å². The largest absolute Gasteiger partial charge is 0.497 e. The van der Waals surface area contributed by atoms with Crippen molar-refractivity contribution in [2.45, 2.75) is 11.6 Å². The van der Waals surface area contributed by atoms with Gasteiger partial charge in [0.15, 0.2) is 5.82 Å². The lowest BCUT2D eigenvalue weighted by atomic mass is 10.1. The molecule has 0 unspecified atom stereocenters. The molecule has 0 fully saturated rings. The van der Waals surface area contributed by atoms with Gasteiger partial charge in [-0.05, 0) is 41.3 Å². The minimum absolute atomic E-state index is 0.755. The predicted octanol–water partition coefficient (Wildman–Crippen LogP) is 3.30. The van der Waals surface area contributed by atoms with E-state index < -0.39 is 0 Å². The van der Waals surface area contributed by atoms with Crippen molar-refractivity contribution in [3.63, 3.8) is 0 Å². The van der Waals surface area contributed by atoms with E-state index in [1.54, 1.807) is 30.2 Å². The molecule has 2 aromatic heterocycles. The third kappa shape index (κ3) is 2.89. The number of ether oxygens (including phenoxy) is 1. The highest BCUT2D eigenvalue weighted by molar-refractivity contribution is 7.99. The maximum absolute atomic E-state index is 5.21. The smallest absolute Gasteiger partial charge is 0.212 e. The predicted molar refractivity (Wildman–Crippen MR) is 92.8 cm³/mol. The summed E-state index contributed by atoms with van der Waals surface area (Å²) in [5.41, 5.74) is 2.12. The molecule has 0 aliphatic carbocycles. The number of thioether (sulfide) groups is 1. The molecule has 7 heteroatoms. The van der Waals surface area contributed by atoms with E-state index in [-0.39, 0.29) is 0 Å². The van der Waals surface area contributed by atoms with Crippen molar-refractivity contribution < 1.29 is 4.74 Å². The van der Waals surface area contributed by atoms with E-state index in [0.29, 0.717) is 0 Å². The molecule has 116 valence electrons. The zero-order chi connectivity index (χ0) is 15.6. The molecule has 23 heavy (non-hydrogen) atoms. The minimum Gasteiger partial charge on any atom is -0.497 e. The molecule has 0 saturated carbocycles. The third-order valence-electron chi connectivity index (χ3n) is 3.57. The molecule has 1 aliphatic rings. The second-order valence-corrected chi connectivity index (χ2v) is 7.01. The van der Waals surface area contributed by atoms with E-state index in [0.717, 1.165) is 40.2 Å². The highest BCUT2D eigenvalue weighted by Gasteiger charge is 2.20. The Morgan fingerprint density at radius 1 is 1.17 bits per heavy atom. The first kappa shape index (κ1) is 14.5. The van der Waals surface area contributed by atoms with Crippen LogP contribution in [0.1, 0.15) is 16.3 Å². The summed E-state index contributed by atoms with van der Waals surface area (Å²) in [7, 11) is 1.67. The number of aromatic nitrogens is 3. The van der Waals surface area contributed by atoms with Crippen molar-refractivity contribution in [2.75, 3.05) is 12.9 Å². The number of hydrogen-bond acceptors (Lipinski definition) is 6. The lowest BCUT2D eigenvalue weighted by Gasteiger charge is -2.14. The number of benzene rings is 1. The van der Waals surface area contributed by atoms with Crippen molar-refractivity contribution in [3.05, 3.63) is 58.0 Å². The molecule has 3 heterocycles. The standard InChI is InChI=1S/C16H14N4OS2/c1-21-12-6-4-11(5-7-12)14-10-23-16-18-17-15(20(16)19-14)9-13-3-2-8-22-13/h2-8H,9-10H2,1H3. The molecule has 0 bridgehead atoms. The Labute approximate surface area is 142 Å². The van der Waals surface area contributed by atoms with E-state index in [4.69, 9.17) is 9.84 Å². The fraction of sp³-hybridized carbons (Fsp3) is 0.188. The van der Waals surface area contributed by atoms with Crippen molar-refractivity contribution in [3.8, 4) is 5.75 Å². The van der Waals surface area contributed by atoms with Crippen molar-refractivity contribution >= 4 is 28.8 Å². The van der Waals surface area contributed by atoms with Gasteiger partial charge in [-0.1, -0.05) is 17.8 Å². The molecule has 5 nitrogen and oxygen atoms in total. The number of hydrogen-bond donors (Lipinski definition) is 0. The van der Waals surface area contributed by atoms with Gasteiger partial charge < -0.3 is 4.74 Å². The van der Waals surface area contributed by atoms with E-state index >= 15 is 0 Å². The number of thiophene rings is 1. The molecule has 4 rings (SSSR count). The Balaban J connectivity index is 1.66. The van der Waals surface area contributed by atoms with Crippen molar-refractivity contribution in [1.29, 1.82) is 0 Å². The van der Waals surface area contributed by atoms with Crippen LogP contribution in [0.3, 0.4) is 0 Å². The SMILES string of the molecule is COc1ccc(C2=Nn3c(Cc4cccs4)nnc3SC2)cc1. The molecule has 0 amide bonds. The van der Waals surface area contributed by atoms with Gasteiger partial charge in [-0.15, -0.1) is 21.5 Å². The molecular weight excluding hydrogens is 328 g/mol. The first-order chi connectivity index (χ1) is 11.3. The molecule has 0 atom stereocenters. The van der Waals surface area contributed by atoms with E-state index in [1.165, 1.54) is 4.88 Å². The van der Waals surface area contributed by atoms with Crippen LogP contribution < -0.4 is 4.74 Å². The summed E-state index contributed by atoms with van der Waals surface area (Å²) in [4.78, 5) is 1.26. The van der Waals surface area contributed by atoms with Crippen LogP contribution in [0.2, 0.25) is 0 Å². The van der Waals surface area contributed by atoms with Crippen LogP contribution in [-0.4, -0.2) is 33.4 Å². The van der Waals surface area contributed by atoms with Gasteiger partial charge in [-0.3, -0.25) is 0 Å². The van der Waals surface area contributed by atoms with E-state index in [1.807, 2.05) is 35.0 Å². The lowest BCUT2D eigenvalue weighted by molar-refractivity contribution is 0.415. The summed E-state index contributed by atoms with van der Waals surface area (Å²) >= 11 is 3.39. The quantitative estimate of drug-likeness (QED) is 0.730.